The Morgan fingerprint density at radius 3 is 2.94 bits per heavy atom. The SMILES string of the molecule is C=CCCCCCC(NC)c1ncccc1Cl. The number of pyridine rings is 1. The van der Waals surface area contributed by atoms with E-state index in [2.05, 4.69) is 16.9 Å². The molecule has 17 heavy (non-hydrogen) atoms. The Balaban J connectivity index is 2.43. The molecule has 0 aliphatic carbocycles. The normalized spacial score (nSPS) is 12.4. The first-order chi connectivity index (χ1) is 8.29. The molecule has 0 saturated carbocycles. The fourth-order valence-electron chi connectivity index (χ4n) is 1.89. The number of hydrogen-bond donors (Lipinski definition) is 1. The van der Waals surface area contributed by atoms with Crippen LogP contribution in [-0.4, -0.2) is 12.0 Å². The minimum atomic E-state index is 0.257. The summed E-state index contributed by atoms with van der Waals surface area (Å²) in [5.74, 6) is 0. The van der Waals surface area contributed by atoms with E-state index in [0.29, 0.717) is 0 Å². The third kappa shape index (κ3) is 4.88. The van der Waals surface area contributed by atoms with Crippen LogP contribution < -0.4 is 5.32 Å². The molecule has 1 unspecified atom stereocenters. The zero-order chi connectivity index (χ0) is 12.5. The van der Waals surface area contributed by atoms with E-state index in [4.69, 9.17) is 11.6 Å². The van der Waals surface area contributed by atoms with Gasteiger partial charge < -0.3 is 5.32 Å². The molecule has 1 heterocycles. The largest absolute Gasteiger partial charge is 0.312 e. The Hall–Kier alpha value is -0.860. The van der Waals surface area contributed by atoms with E-state index < -0.39 is 0 Å². The van der Waals surface area contributed by atoms with Crippen molar-refractivity contribution in [3.8, 4) is 0 Å². The average molecular weight is 253 g/mol. The fraction of sp³-hybridized carbons (Fsp3) is 0.500. The fourth-order valence-corrected chi connectivity index (χ4v) is 2.14. The van der Waals surface area contributed by atoms with Crippen molar-refractivity contribution in [1.82, 2.24) is 10.3 Å². The van der Waals surface area contributed by atoms with Crippen molar-refractivity contribution in [1.29, 1.82) is 0 Å². The number of unbranched alkanes of at least 4 members (excludes halogenated alkanes) is 3. The Morgan fingerprint density at radius 2 is 2.29 bits per heavy atom. The van der Waals surface area contributed by atoms with Gasteiger partial charge in [-0.15, -0.1) is 6.58 Å². The van der Waals surface area contributed by atoms with E-state index in [-0.39, 0.29) is 6.04 Å². The molecule has 0 aliphatic rings. The van der Waals surface area contributed by atoms with Gasteiger partial charge in [0.2, 0.25) is 0 Å². The highest BCUT2D eigenvalue weighted by atomic mass is 35.5. The van der Waals surface area contributed by atoms with Gasteiger partial charge in [0.1, 0.15) is 0 Å². The first kappa shape index (κ1) is 14.2. The average Bonchev–Trinajstić information content (AvgIpc) is 2.35. The van der Waals surface area contributed by atoms with Crippen LogP contribution in [-0.2, 0) is 0 Å². The summed E-state index contributed by atoms with van der Waals surface area (Å²) >= 11 is 6.14. The number of nitrogens with zero attached hydrogens (tertiary/aromatic N) is 1. The second-order valence-corrected chi connectivity index (χ2v) is 4.55. The van der Waals surface area contributed by atoms with Crippen molar-refractivity contribution in [2.75, 3.05) is 7.05 Å². The highest BCUT2D eigenvalue weighted by Gasteiger charge is 2.13. The van der Waals surface area contributed by atoms with E-state index in [1.165, 1.54) is 19.3 Å². The maximum Gasteiger partial charge on any atom is 0.0758 e. The van der Waals surface area contributed by atoms with Gasteiger partial charge in [0.05, 0.1) is 16.8 Å². The molecule has 3 heteroatoms. The molecule has 0 saturated heterocycles. The van der Waals surface area contributed by atoms with Gasteiger partial charge in [-0.2, -0.15) is 0 Å². The Morgan fingerprint density at radius 1 is 1.47 bits per heavy atom. The zero-order valence-electron chi connectivity index (χ0n) is 10.5. The Labute approximate surface area is 109 Å². The van der Waals surface area contributed by atoms with Crippen LogP contribution in [0.15, 0.2) is 31.0 Å². The van der Waals surface area contributed by atoms with E-state index >= 15 is 0 Å². The topological polar surface area (TPSA) is 24.9 Å². The summed E-state index contributed by atoms with van der Waals surface area (Å²) in [7, 11) is 1.96. The molecule has 0 radical (unpaired) electrons. The van der Waals surface area contributed by atoms with Crippen molar-refractivity contribution >= 4 is 11.6 Å². The molecule has 1 atom stereocenters. The highest BCUT2D eigenvalue weighted by Crippen LogP contribution is 2.24. The summed E-state index contributed by atoms with van der Waals surface area (Å²) < 4.78 is 0. The smallest absolute Gasteiger partial charge is 0.0758 e. The number of rotatable bonds is 8. The lowest BCUT2D eigenvalue weighted by atomic mass is 10.0. The molecule has 1 rings (SSSR count). The van der Waals surface area contributed by atoms with Crippen LogP contribution in [0.1, 0.15) is 43.8 Å². The summed E-state index contributed by atoms with van der Waals surface area (Å²) in [5.41, 5.74) is 0.959. The molecular formula is C14H21ClN2. The summed E-state index contributed by atoms with van der Waals surface area (Å²) in [6.07, 6.45) is 9.59. The van der Waals surface area contributed by atoms with Gasteiger partial charge in [0.25, 0.3) is 0 Å². The van der Waals surface area contributed by atoms with Gasteiger partial charge in [0, 0.05) is 6.20 Å². The molecule has 0 spiro atoms. The number of aromatic nitrogens is 1. The highest BCUT2D eigenvalue weighted by molar-refractivity contribution is 6.31. The van der Waals surface area contributed by atoms with Crippen molar-refractivity contribution in [3.05, 3.63) is 41.7 Å². The monoisotopic (exact) mass is 252 g/mol. The Kier molecular flexibility index (Phi) is 6.90. The lowest BCUT2D eigenvalue weighted by molar-refractivity contribution is 0.498. The molecule has 0 aliphatic heterocycles. The molecular weight excluding hydrogens is 232 g/mol. The van der Waals surface area contributed by atoms with Crippen LogP contribution in [0.25, 0.3) is 0 Å². The van der Waals surface area contributed by atoms with E-state index in [1.54, 1.807) is 6.20 Å². The maximum absolute atomic E-state index is 6.14. The number of allylic oxidation sites excluding steroid dienone is 1. The van der Waals surface area contributed by atoms with Crippen molar-refractivity contribution < 1.29 is 0 Å². The van der Waals surface area contributed by atoms with Crippen LogP contribution in [0, 0.1) is 0 Å². The van der Waals surface area contributed by atoms with E-state index in [9.17, 15) is 0 Å². The number of nitrogens with one attached hydrogen (secondary N) is 1. The van der Waals surface area contributed by atoms with Crippen molar-refractivity contribution in [3.63, 3.8) is 0 Å². The van der Waals surface area contributed by atoms with Crippen LogP contribution >= 0.6 is 11.6 Å². The molecule has 1 N–H and O–H groups in total. The predicted molar refractivity (Wildman–Crippen MR) is 74.3 cm³/mol. The minimum absolute atomic E-state index is 0.257. The van der Waals surface area contributed by atoms with Crippen LogP contribution in [0.3, 0.4) is 0 Å². The summed E-state index contributed by atoms with van der Waals surface area (Å²) in [4.78, 5) is 4.35. The Bertz CT molecular complexity index is 339. The van der Waals surface area contributed by atoms with Gasteiger partial charge in [0.15, 0.2) is 0 Å². The second kappa shape index (κ2) is 8.26. The van der Waals surface area contributed by atoms with Crippen molar-refractivity contribution in [2.24, 2.45) is 0 Å². The third-order valence-electron chi connectivity index (χ3n) is 2.87. The van der Waals surface area contributed by atoms with E-state index in [1.807, 2.05) is 25.3 Å². The van der Waals surface area contributed by atoms with Crippen LogP contribution in [0.5, 0.6) is 0 Å². The molecule has 1 aromatic rings. The zero-order valence-corrected chi connectivity index (χ0v) is 11.2. The standard InChI is InChI=1S/C14H21ClN2/c1-3-4-5-6-7-10-13(16-2)14-12(15)9-8-11-17-14/h3,8-9,11,13,16H,1,4-7,10H2,2H3. The van der Waals surface area contributed by atoms with Crippen molar-refractivity contribution in [2.45, 2.75) is 38.1 Å². The molecule has 0 fully saturated rings. The molecule has 1 aromatic heterocycles. The quantitative estimate of drug-likeness (QED) is 0.556. The van der Waals surface area contributed by atoms with Gasteiger partial charge in [-0.1, -0.05) is 30.5 Å². The molecule has 0 amide bonds. The summed E-state index contributed by atoms with van der Waals surface area (Å²) in [6, 6.07) is 4.02. The molecule has 0 aromatic carbocycles. The molecule has 94 valence electrons. The molecule has 2 nitrogen and oxygen atoms in total. The van der Waals surface area contributed by atoms with Gasteiger partial charge in [-0.25, -0.2) is 0 Å². The number of halogens is 1. The third-order valence-corrected chi connectivity index (χ3v) is 3.19. The maximum atomic E-state index is 6.14. The van der Waals surface area contributed by atoms with E-state index in [0.717, 1.165) is 23.6 Å². The predicted octanol–water partition coefficient (Wildman–Crippen LogP) is 4.13. The van der Waals surface area contributed by atoms with Gasteiger partial charge >= 0.3 is 0 Å². The van der Waals surface area contributed by atoms with Gasteiger partial charge in [-0.05, 0) is 38.4 Å². The first-order valence-corrected chi connectivity index (χ1v) is 6.56. The summed E-state index contributed by atoms with van der Waals surface area (Å²) in [5, 5.41) is 4.03. The lowest BCUT2D eigenvalue weighted by Gasteiger charge is -2.16. The van der Waals surface area contributed by atoms with Crippen LogP contribution in [0.4, 0.5) is 0 Å². The molecule has 0 bridgehead atoms. The minimum Gasteiger partial charge on any atom is -0.312 e. The van der Waals surface area contributed by atoms with Crippen LogP contribution in [0.2, 0.25) is 5.02 Å². The summed E-state index contributed by atoms with van der Waals surface area (Å²) in [6.45, 7) is 3.73. The number of hydrogen-bond acceptors (Lipinski definition) is 2. The second-order valence-electron chi connectivity index (χ2n) is 4.14. The first-order valence-electron chi connectivity index (χ1n) is 6.18. The lowest BCUT2D eigenvalue weighted by Crippen LogP contribution is -2.18. The van der Waals surface area contributed by atoms with Gasteiger partial charge in [-0.3, -0.25) is 4.98 Å².